The molecule has 1 fully saturated rings. The average Bonchev–Trinajstić information content (AvgIpc) is 3.26. The fraction of sp³-hybridized carbons (Fsp3) is 0.421. The van der Waals surface area contributed by atoms with E-state index in [1.807, 2.05) is 6.07 Å². The Balaban J connectivity index is 0.00000320. The highest BCUT2D eigenvalue weighted by atomic mass is 127. The Morgan fingerprint density at radius 1 is 1.30 bits per heavy atom. The van der Waals surface area contributed by atoms with E-state index >= 15 is 0 Å². The van der Waals surface area contributed by atoms with Crippen molar-refractivity contribution in [3.8, 4) is 0 Å². The Morgan fingerprint density at radius 3 is 2.83 bits per heavy atom. The van der Waals surface area contributed by atoms with Crippen LogP contribution in [0.4, 0.5) is 10.1 Å². The molecule has 30 heavy (non-hydrogen) atoms. The van der Waals surface area contributed by atoms with Crippen molar-refractivity contribution in [2.75, 3.05) is 38.1 Å². The fourth-order valence-corrected chi connectivity index (χ4v) is 5.31. The molecule has 0 saturated carbocycles. The molecule has 3 rings (SSSR count). The van der Waals surface area contributed by atoms with Gasteiger partial charge >= 0.3 is 0 Å². The molecule has 0 bridgehead atoms. The minimum absolute atomic E-state index is 0. The smallest absolute Gasteiger partial charge is 0.250 e. The second-order valence-corrected chi connectivity index (χ2v) is 9.68. The zero-order chi connectivity index (χ0) is 20.7. The molecule has 0 aliphatic carbocycles. The summed E-state index contributed by atoms with van der Waals surface area (Å²) in [6.45, 7) is 2.29. The first-order valence-corrected chi connectivity index (χ1v) is 11.8. The summed E-state index contributed by atoms with van der Waals surface area (Å²) in [7, 11) is -1.78. The molecule has 1 unspecified atom stereocenters. The van der Waals surface area contributed by atoms with Crippen molar-refractivity contribution in [1.29, 1.82) is 0 Å². The zero-order valence-electron chi connectivity index (χ0n) is 16.7. The van der Waals surface area contributed by atoms with Crippen LogP contribution in [0, 0.1) is 5.82 Å². The normalized spacial score (nSPS) is 17.3. The molecule has 0 radical (unpaired) electrons. The quantitative estimate of drug-likeness (QED) is 0.207. The van der Waals surface area contributed by atoms with E-state index in [-0.39, 0.29) is 42.4 Å². The van der Waals surface area contributed by atoms with Gasteiger partial charge < -0.3 is 15.5 Å². The monoisotopic (exact) mass is 567 g/mol. The lowest BCUT2D eigenvalue weighted by atomic mass is 10.0. The van der Waals surface area contributed by atoms with Gasteiger partial charge in [-0.3, -0.25) is 4.99 Å². The Hall–Kier alpha value is -1.44. The first-order chi connectivity index (χ1) is 14.0. The Labute approximate surface area is 198 Å². The van der Waals surface area contributed by atoms with E-state index in [1.54, 1.807) is 36.7 Å². The van der Waals surface area contributed by atoms with E-state index in [0.29, 0.717) is 16.7 Å². The van der Waals surface area contributed by atoms with Gasteiger partial charge in [0.15, 0.2) is 5.96 Å². The number of guanidine groups is 1. The molecule has 1 aromatic heterocycles. The standard InChI is InChI=1S/C19H26FN5O2S2.HI/c1-21-19(22-9-10-23-29(26,27)18-8-4-12-28-18)24-16-6-3-11-25(14-16)17-7-2-5-15(20)13-17;/h2,4-5,7-8,12-13,16,23H,3,6,9-11,14H2,1H3,(H2,21,22,24);1H. The summed E-state index contributed by atoms with van der Waals surface area (Å²) in [5.41, 5.74) is 0.877. The molecule has 2 aromatic rings. The van der Waals surface area contributed by atoms with E-state index in [0.717, 1.165) is 31.6 Å². The third-order valence-corrected chi connectivity index (χ3v) is 7.49. The molecule has 0 amide bonds. The highest BCUT2D eigenvalue weighted by Gasteiger charge is 2.21. The van der Waals surface area contributed by atoms with Gasteiger partial charge in [0.1, 0.15) is 10.0 Å². The molecule has 11 heteroatoms. The molecule has 2 heterocycles. The van der Waals surface area contributed by atoms with Crippen LogP contribution in [-0.2, 0) is 10.0 Å². The maximum Gasteiger partial charge on any atom is 0.250 e. The number of nitrogens with one attached hydrogen (secondary N) is 3. The van der Waals surface area contributed by atoms with Crippen LogP contribution in [0.5, 0.6) is 0 Å². The van der Waals surface area contributed by atoms with E-state index < -0.39 is 10.0 Å². The molecular weight excluding hydrogens is 540 g/mol. The number of sulfonamides is 1. The predicted octanol–water partition coefficient (Wildman–Crippen LogP) is 2.62. The number of thiophene rings is 1. The van der Waals surface area contributed by atoms with E-state index in [2.05, 4.69) is 25.2 Å². The lowest BCUT2D eigenvalue weighted by Crippen LogP contribution is -2.52. The van der Waals surface area contributed by atoms with Crippen molar-refractivity contribution in [3.05, 3.63) is 47.6 Å². The van der Waals surface area contributed by atoms with Gasteiger partial charge in [0, 0.05) is 45.0 Å². The summed E-state index contributed by atoms with van der Waals surface area (Å²) < 4.78 is 40.6. The number of hydrogen-bond donors (Lipinski definition) is 3. The third kappa shape index (κ3) is 7.06. The highest BCUT2D eigenvalue weighted by molar-refractivity contribution is 14.0. The molecule has 3 N–H and O–H groups in total. The minimum atomic E-state index is -3.46. The second kappa shape index (κ2) is 11.8. The van der Waals surface area contributed by atoms with Crippen LogP contribution in [-0.4, -0.2) is 53.6 Å². The van der Waals surface area contributed by atoms with Crippen LogP contribution >= 0.6 is 35.3 Å². The Morgan fingerprint density at radius 2 is 2.13 bits per heavy atom. The van der Waals surface area contributed by atoms with Crippen LogP contribution in [0.3, 0.4) is 0 Å². The third-order valence-electron chi connectivity index (χ3n) is 4.63. The number of piperidine rings is 1. The predicted molar refractivity (Wildman–Crippen MR) is 131 cm³/mol. The lowest BCUT2D eigenvalue weighted by molar-refractivity contribution is 0.467. The minimum Gasteiger partial charge on any atom is -0.369 e. The van der Waals surface area contributed by atoms with Gasteiger partial charge in [-0.15, -0.1) is 35.3 Å². The molecule has 1 saturated heterocycles. The number of nitrogens with zero attached hydrogens (tertiary/aromatic N) is 2. The van der Waals surface area contributed by atoms with Gasteiger partial charge in [-0.1, -0.05) is 12.1 Å². The molecule has 1 aliphatic heterocycles. The first-order valence-electron chi connectivity index (χ1n) is 9.49. The van der Waals surface area contributed by atoms with E-state index in [4.69, 9.17) is 0 Å². The molecular formula is C19H27FIN5O2S2. The molecule has 1 atom stereocenters. The summed E-state index contributed by atoms with van der Waals surface area (Å²) >= 11 is 1.19. The largest absolute Gasteiger partial charge is 0.369 e. The first kappa shape index (κ1) is 24.8. The van der Waals surface area contributed by atoms with Crippen LogP contribution in [0.2, 0.25) is 0 Å². The van der Waals surface area contributed by atoms with Crippen LogP contribution in [0.1, 0.15) is 12.8 Å². The van der Waals surface area contributed by atoms with Crippen molar-refractivity contribution >= 4 is 57.0 Å². The number of anilines is 1. The SMILES string of the molecule is CN=C(NCCNS(=O)(=O)c1cccs1)NC1CCCN(c2cccc(F)c2)C1.I. The van der Waals surface area contributed by atoms with Gasteiger partial charge in [0.05, 0.1) is 0 Å². The summed E-state index contributed by atoms with van der Waals surface area (Å²) in [6.07, 6.45) is 1.98. The summed E-state index contributed by atoms with van der Waals surface area (Å²) in [5, 5.41) is 8.24. The molecule has 0 spiro atoms. The number of benzene rings is 1. The van der Waals surface area contributed by atoms with E-state index in [1.165, 1.54) is 17.4 Å². The van der Waals surface area contributed by atoms with Crippen molar-refractivity contribution in [2.45, 2.75) is 23.1 Å². The van der Waals surface area contributed by atoms with Gasteiger partial charge in [-0.2, -0.15) is 0 Å². The van der Waals surface area contributed by atoms with Gasteiger partial charge in [-0.25, -0.2) is 17.5 Å². The van der Waals surface area contributed by atoms with Crippen LogP contribution in [0.25, 0.3) is 0 Å². The number of halogens is 2. The van der Waals surface area contributed by atoms with Gasteiger partial charge in [0.2, 0.25) is 10.0 Å². The number of rotatable bonds is 7. The fourth-order valence-electron chi connectivity index (χ4n) is 3.24. The second-order valence-electron chi connectivity index (χ2n) is 6.74. The van der Waals surface area contributed by atoms with Crippen LogP contribution in [0.15, 0.2) is 51.0 Å². The van der Waals surface area contributed by atoms with E-state index in [9.17, 15) is 12.8 Å². The Bertz CT molecular complexity index is 925. The van der Waals surface area contributed by atoms with Crippen molar-refractivity contribution in [1.82, 2.24) is 15.4 Å². The summed E-state index contributed by atoms with van der Waals surface area (Å²) in [6, 6.07) is 10.1. The highest BCUT2D eigenvalue weighted by Crippen LogP contribution is 2.20. The summed E-state index contributed by atoms with van der Waals surface area (Å²) in [5.74, 6) is 0.381. The number of hydrogen-bond acceptors (Lipinski definition) is 5. The Kier molecular flexibility index (Phi) is 9.78. The topological polar surface area (TPSA) is 85.8 Å². The molecule has 1 aliphatic rings. The maximum atomic E-state index is 13.5. The van der Waals surface area contributed by atoms with Gasteiger partial charge in [0.25, 0.3) is 0 Å². The van der Waals surface area contributed by atoms with Crippen molar-refractivity contribution < 1.29 is 12.8 Å². The molecule has 1 aromatic carbocycles. The van der Waals surface area contributed by atoms with Crippen molar-refractivity contribution in [3.63, 3.8) is 0 Å². The molecule has 166 valence electrons. The van der Waals surface area contributed by atoms with Gasteiger partial charge in [-0.05, 0) is 42.5 Å². The number of aliphatic imine (C=N–C) groups is 1. The summed E-state index contributed by atoms with van der Waals surface area (Å²) in [4.78, 5) is 6.38. The average molecular weight is 567 g/mol. The van der Waals surface area contributed by atoms with Crippen molar-refractivity contribution in [2.24, 2.45) is 4.99 Å². The lowest BCUT2D eigenvalue weighted by Gasteiger charge is -2.35. The maximum absolute atomic E-state index is 13.5. The van der Waals surface area contributed by atoms with Crippen LogP contribution < -0.4 is 20.3 Å². The zero-order valence-corrected chi connectivity index (χ0v) is 20.6. The molecule has 7 nitrogen and oxygen atoms in total.